The fourth-order valence-corrected chi connectivity index (χ4v) is 3.33. The van der Waals surface area contributed by atoms with Crippen LogP contribution in [0.1, 0.15) is 11.4 Å². The minimum absolute atomic E-state index is 0.102. The number of nitrogens with zero attached hydrogens (tertiary/aromatic N) is 2. The lowest BCUT2D eigenvalue weighted by molar-refractivity contribution is -0.340. The molecule has 3 unspecified atom stereocenters. The van der Waals surface area contributed by atoms with E-state index in [4.69, 9.17) is 32.7 Å². The van der Waals surface area contributed by atoms with E-state index in [-0.39, 0.29) is 29.4 Å². The lowest BCUT2D eigenvalue weighted by Gasteiger charge is -2.29. The number of aromatic nitrogens is 3. The van der Waals surface area contributed by atoms with E-state index in [1.165, 1.54) is 24.5 Å². The molecule has 1 aromatic heterocycles. The Morgan fingerprint density at radius 3 is 2.60 bits per heavy atom. The number of hydrogen-bond donors (Lipinski definition) is 1. The summed E-state index contributed by atoms with van der Waals surface area (Å²) in [4.78, 5) is 3.94. The van der Waals surface area contributed by atoms with Crippen molar-refractivity contribution in [2.45, 2.75) is 36.8 Å². The second kappa shape index (κ2) is 8.50. The van der Waals surface area contributed by atoms with Crippen molar-refractivity contribution < 1.29 is 40.6 Å². The topological polar surface area (TPSA) is 69.3 Å². The second-order valence-electron chi connectivity index (χ2n) is 6.31. The minimum Gasteiger partial charge on any atom is -0.343 e. The van der Waals surface area contributed by atoms with Gasteiger partial charge in [0.05, 0.1) is 24.7 Å². The lowest BCUT2D eigenvalue weighted by Crippen LogP contribution is -2.45. The van der Waals surface area contributed by atoms with Crippen molar-refractivity contribution in [2.24, 2.45) is 0 Å². The summed E-state index contributed by atoms with van der Waals surface area (Å²) in [5, 5.41) is 6.68. The fourth-order valence-electron chi connectivity index (χ4n) is 2.78. The summed E-state index contributed by atoms with van der Waals surface area (Å²) >= 11 is 12.1. The van der Waals surface area contributed by atoms with Crippen molar-refractivity contribution in [3.8, 4) is 0 Å². The lowest BCUT2D eigenvalue weighted by atomic mass is 10.0. The molecule has 0 saturated carbocycles. The molecule has 1 aliphatic heterocycles. The van der Waals surface area contributed by atoms with Gasteiger partial charge in [-0.05, 0) is 12.1 Å². The van der Waals surface area contributed by atoms with Gasteiger partial charge >= 0.3 is 12.3 Å². The van der Waals surface area contributed by atoms with Crippen molar-refractivity contribution in [3.05, 3.63) is 46.0 Å². The molecule has 166 valence electrons. The summed E-state index contributed by atoms with van der Waals surface area (Å²) < 4.78 is 91.8. The molecule has 1 N–H and O–H groups in total. The maximum absolute atomic E-state index is 13.4. The number of halogens is 8. The number of nitrogens with one attached hydrogen (secondary N) is 1. The molecule has 14 heteroatoms. The Morgan fingerprint density at radius 2 is 2.00 bits per heavy atom. The predicted molar refractivity (Wildman–Crippen MR) is 90.9 cm³/mol. The third-order valence-electron chi connectivity index (χ3n) is 4.11. The molecule has 0 amide bonds. The van der Waals surface area contributed by atoms with Crippen LogP contribution in [0, 0.1) is 0 Å². The Kier molecular flexibility index (Phi) is 6.54. The van der Waals surface area contributed by atoms with Crippen molar-refractivity contribution in [2.75, 3.05) is 13.2 Å². The predicted octanol–water partition coefficient (Wildman–Crippen LogP) is 4.43. The quantitative estimate of drug-likeness (QED) is 0.594. The average Bonchev–Trinajstić information content (AvgIpc) is 3.29. The Balaban J connectivity index is 1.78. The highest BCUT2D eigenvalue weighted by Crippen LogP contribution is 2.42. The van der Waals surface area contributed by atoms with Crippen molar-refractivity contribution in [1.29, 1.82) is 0 Å². The Morgan fingerprint density at radius 1 is 1.27 bits per heavy atom. The second-order valence-corrected chi connectivity index (χ2v) is 7.16. The highest BCUT2D eigenvalue weighted by Gasteiger charge is 2.58. The van der Waals surface area contributed by atoms with Crippen molar-refractivity contribution in [1.82, 2.24) is 15.2 Å². The molecular weight excluding hydrogens is 467 g/mol. The van der Waals surface area contributed by atoms with E-state index in [0.717, 1.165) is 0 Å². The van der Waals surface area contributed by atoms with Crippen LogP contribution in [-0.4, -0.2) is 53.0 Å². The molecule has 3 atom stereocenters. The number of H-pyrrole nitrogens is 1. The van der Waals surface area contributed by atoms with E-state index in [1.807, 2.05) is 0 Å². The Bertz CT molecular complexity index is 870. The van der Waals surface area contributed by atoms with E-state index in [0.29, 0.717) is 5.02 Å². The maximum Gasteiger partial charge on any atom is 0.428 e. The smallest absolute Gasteiger partial charge is 0.343 e. The molecule has 1 fully saturated rings. The van der Waals surface area contributed by atoms with Crippen LogP contribution in [0.25, 0.3) is 0 Å². The monoisotopic (exact) mass is 479 g/mol. The van der Waals surface area contributed by atoms with E-state index >= 15 is 0 Å². The molecule has 1 aliphatic rings. The van der Waals surface area contributed by atoms with Gasteiger partial charge in [-0.25, -0.2) is 9.37 Å². The molecule has 30 heavy (non-hydrogen) atoms. The molecule has 0 aliphatic carbocycles. The van der Waals surface area contributed by atoms with Gasteiger partial charge in [-0.2, -0.15) is 27.1 Å². The molecule has 2 heterocycles. The number of benzene rings is 1. The standard InChI is InChI=1S/C16H13Cl2F6N3O3/c17-8-1-2-10(11(18)3-8)14(4-12-25-7-26-27-12)28-5-9(30-14)6-29-16(23,24)13(19)15(20,21)22/h1-3,7,9,13H,4-6H2,(H,25,26,27). The van der Waals surface area contributed by atoms with Gasteiger partial charge in [0.2, 0.25) is 5.79 Å². The summed E-state index contributed by atoms with van der Waals surface area (Å²) in [6.45, 7) is -1.43. The van der Waals surface area contributed by atoms with Crippen LogP contribution in [0.5, 0.6) is 0 Å². The number of aromatic amines is 1. The summed E-state index contributed by atoms with van der Waals surface area (Å²) in [7, 11) is 0. The summed E-state index contributed by atoms with van der Waals surface area (Å²) in [6, 6.07) is 4.34. The molecule has 1 saturated heterocycles. The maximum atomic E-state index is 13.4. The van der Waals surface area contributed by atoms with Crippen LogP contribution >= 0.6 is 23.2 Å². The normalized spacial score (nSPS) is 23.7. The molecule has 6 nitrogen and oxygen atoms in total. The van der Waals surface area contributed by atoms with Gasteiger partial charge in [0.25, 0.3) is 6.17 Å². The third kappa shape index (κ3) is 4.99. The van der Waals surface area contributed by atoms with Crippen LogP contribution in [0.15, 0.2) is 24.5 Å². The first-order valence-corrected chi connectivity index (χ1v) is 9.03. The number of alkyl halides is 6. The van der Waals surface area contributed by atoms with Crippen LogP contribution in [0.4, 0.5) is 26.3 Å². The zero-order valence-corrected chi connectivity index (χ0v) is 16.2. The van der Waals surface area contributed by atoms with Crippen LogP contribution in [0.3, 0.4) is 0 Å². The van der Waals surface area contributed by atoms with Gasteiger partial charge in [-0.1, -0.05) is 29.3 Å². The van der Waals surface area contributed by atoms with E-state index in [9.17, 15) is 26.3 Å². The molecule has 1 aromatic carbocycles. The van der Waals surface area contributed by atoms with Crippen molar-refractivity contribution >= 4 is 23.2 Å². The Hall–Kier alpha value is -1.60. The SMILES string of the molecule is FC(C(F)(F)F)C(F)(F)OCC1COC(Cc2ncn[nH]2)(c2ccc(Cl)cc2Cl)O1. The van der Waals surface area contributed by atoms with Gasteiger partial charge < -0.3 is 14.2 Å². The van der Waals surface area contributed by atoms with Gasteiger partial charge in [-0.3, -0.25) is 5.10 Å². The Labute approximate surface area is 175 Å². The van der Waals surface area contributed by atoms with E-state index < -0.39 is 37.0 Å². The van der Waals surface area contributed by atoms with Gasteiger partial charge in [0.1, 0.15) is 18.3 Å². The third-order valence-corrected chi connectivity index (χ3v) is 4.66. The van der Waals surface area contributed by atoms with Crippen molar-refractivity contribution in [3.63, 3.8) is 0 Å². The van der Waals surface area contributed by atoms with E-state index in [1.54, 1.807) is 0 Å². The first-order chi connectivity index (χ1) is 13.9. The highest BCUT2D eigenvalue weighted by atomic mass is 35.5. The molecule has 0 bridgehead atoms. The first-order valence-electron chi connectivity index (χ1n) is 8.27. The van der Waals surface area contributed by atoms with E-state index in [2.05, 4.69) is 19.9 Å². The minimum atomic E-state index is -5.79. The summed E-state index contributed by atoms with van der Waals surface area (Å²) in [5.41, 5.74) is 0.262. The molecule has 2 aromatic rings. The molecule has 0 radical (unpaired) electrons. The molecule has 3 rings (SSSR count). The van der Waals surface area contributed by atoms with Gasteiger partial charge in [-0.15, -0.1) is 0 Å². The summed E-state index contributed by atoms with van der Waals surface area (Å²) in [6.07, 6.45) is -15.5. The van der Waals surface area contributed by atoms with Crippen LogP contribution < -0.4 is 0 Å². The zero-order valence-electron chi connectivity index (χ0n) is 14.7. The average molecular weight is 480 g/mol. The van der Waals surface area contributed by atoms with Crippen LogP contribution in [-0.2, 0) is 26.4 Å². The molecule has 0 spiro atoms. The highest BCUT2D eigenvalue weighted by molar-refractivity contribution is 6.35. The molecular formula is C16H13Cl2F6N3O3. The van der Waals surface area contributed by atoms with Gasteiger partial charge in [0.15, 0.2) is 0 Å². The largest absolute Gasteiger partial charge is 0.428 e. The number of ether oxygens (including phenoxy) is 3. The fraction of sp³-hybridized carbons (Fsp3) is 0.500. The number of hydrogen-bond acceptors (Lipinski definition) is 5. The number of rotatable bonds is 7. The first kappa shape index (κ1) is 23.1. The van der Waals surface area contributed by atoms with Gasteiger partial charge in [0, 0.05) is 10.6 Å². The summed E-state index contributed by atoms with van der Waals surface area (Å²) in [5.74, 6) is -1.36. The van der Waals surface area contributed by atoms with Crippen LogP contribution in [0.2, 0.25) is 10.0 Å². The zero-order chi connectivity index (χ0) is 22.2.